The summed E-state index contributed by atoms with van der Waals surface area (Å²) in [5, 5.41) is 22.8. The van der Waals surface area contributed by atoms with Crippen molar-refractivity contribution in [2.24, 2.45) is 5.10 Å². The molecule has 0 atom stereocenters. The van der Waals surface area contributed by atoms with E-state index in [1.165, 1.54) is 5.56 Å². The van der Waals surface area contributed by atoms with Gasteiger partial charge in [-0.15, -0.1) is 10.2 Å². The van der Waals surface area contributed by atoms with Crippen molar-refractivity contribution < 1.29 is 5.11 Å². The molecule has 2 aromatic carbocycles. The van der Waals surface area contributed by atoms with E-state index in [0.717, 1.165) is 11.3 Å². The third kappa shape index (κ3) is 4.25. The number of hydrogen-bond donors (Lipinski definition) is 1. The number of benzene rings is 2. The first kappa shape index (κ1) is 17.2. The van der Waals surface area contributed by atoms with Gasteiger partial charge in [0.2, 0.25) is 5.16 Å². The number of aromatic hydroxyl groups is 1. The maximum atomic E-state index is 9.74. The lowest BCUT2D eigenvalue weighted by molar-refractivity contribution is 0.468. The standard InChI is InChI=1S/C16H12Br2N4OS/c17-13-6-12(7-14(18)15(13)23)8-20-22-10-19-21-16(22)24-9-11-4-2-1-3-5-11/h1-8,10,23H,9H2/b20-8-. The molecule has 0 aliphatic rings. The molecule has 0 amide bonds. The van der Waals surface area contributed by atoms with E-state index in [1.54, 1.807) is 41.1 Å². The van der Waals surface area contributed by atoms with Gasteiger partial charge < -0.3 is 5.11 Å². The number of aromatic nitrogens is 3. The van der Waals surface area contributed by atoms with E-state index in [2.05, 4.69) is 59.3 Å². The fourth-order valence-electron chi connectivity index (χ4n) is 1.90. The van der Waals surface area contributed by atoms with Crippen LogP contribution in [0.2, 0.25) is 0 Å². The summed E-state index contributed by atoms with van der Waals surface area (Å²) in [6.07, 6.45) is 3.25. The molecule has 1 N–H and O–H groups in total. The van der Waals surface area contributed by atoms with Gasteiger partial charge in [-0.3, -0.25) is 0 Å². The quantitative estimate of drug-likeness (QED) is 0.437. The lowest BCUT2D eigenvalue weighted by Gasteiger charge is -2.03. The van der Waals surface area contributed by atoms with E-state index in [4.69, 9.17) is 0 Å². The van der Waals surface area contributed by atoms with Crippen LogP contribution in [0, 0.1) is 0 Å². The van der Waals surface area contributed by atoms with Crippen LogP contribution >= 0.6 is 43.6 Å². The first-order chi connectivity index (χ1) is 11.6. The van der Waals surface area contributed by atoms with Gasteiger partial charge in [-0.2, -0.15) is 9.78 Å². The third-order valence-corrected chi connectivity index (χ3v) is 5.30. The summed E-state index contributed by atoms with van der Waals surface area (Å²) in [6.45, 7) is 0. The summed E-state index contributed by atoms with van der Waals surface area (Å²) in [5.74, 6) is 0.960. The Labute approximate surface area is 160 Å². The fourth-order valence-corrected chi connectivity index (χ4v) is 3.95. The molecule has 0 bridgehead atoms. The van der Waals surface area contributed by atoms with Gasteiger partial charge in [0.1, 0.15) is 12.1 Å². The largest absolute Gasteiger partial charge is 0.506 e. The number of phenols is 1. The summed E-state index contributed by atoms with van der Waals surface area (Å²) < 4.78 is 2.82. The lowest BCUT2D eigenvalue weighted by Crippen LogP contribution is -1.93. The molecule has 0 unspecified atom stereocenters. The Hall–Kier alpha value is -1.64. The highest BCUT2D eigenvalue weighted by Gasteiger charge is 2.06. The molecule has 0 spiro atoms. The molecular weight excluding hydrogens is 456 g/mol. The first-order valence-corrected chi connectivity index (χ1v) is 9.50. The van der Waals surface area contributed by atoms with Crippen LogP contribution in [0.25, 0.3) is 0 Å². The molecule has 122 valence electrons. The number of rotatable bonds is 5. The van der Waals surface area contributed by atoms with E-state index in [-0.39, 0.29) is 5.75 Å². The van der Waals surface area contributed by atoms with Crippen molar-refractivity contribution in [1.29, 1.82) is 0 Å². The zero-order valence-electron chi connectivity index (χ0n) is 12.3. The van der Waals surface area contributed by atoms with Gasteiger partial charge in [0.05, 0.1) is 15.2 Å². The van der Waals surface area contributed by atoms with Crippen LogP contribution in [0.1, 0.15) is 11.1 Å². The average Bonchev–Trinajstić information content (AvgIpc) is 3.04. The number of halogens is 2. The maximum absolute atomic E-state index is 9.74. The highest BCUT2D eigenvalue weighted by atomic mass is 79.9. The highest BCUT2D eigenvalue weighted by Crippen LogP contribution is 2.32. The van der Waals surface area contributed by atoms with Crippen LogP contribution in [-0.2, 0) is 5.75 Å². The van der Waals surface area contributed by atoms with Crippen molar-refractivity contribution in [3.63, 3.8) is 0 Å². The minimum absolute atomic E-state index is 0.163. The second-order valence-corrected chi connectivity index (χ2v) is 7.46. The van der Waals surface area contributed by atoms with Crippen LogP contribution in [-0.4, -0.2) is 26.2 Å². The van der Waals surface area contributed by atoms with Crippen LogP contribution in [0.4, 0.5) is 0 Å². The molecule has 0 saturated heterocycles. The molecule has 24 heavy (non-hydrogen) atoms. The van der Waals surface area contributed by atoms with Gasteiger partial charge >= 0.3 is 0 Å². The van der Waals surface area contributed by atoms with Crippen molar-refractivity contribution in [3.05, 3.63) is 68.9 Å². The second kappa shape index (κ2) is 7.96. The van der Waals surface area contributed by atoms with Crippen LogP contribution in [0.3, 0.4) is 0 Å². The van der Waals surface area contributed by atoms with Crippen molar-refractivity contribution >= 4 is 49.8 Å². The Morgan fingerprint density at radius 3 is 2.58 bits per heavy atom. The molecule has 3 rings (SSSR count). The zero-order valence-corrected chi connectivity index (χ0v) is 16.3. The summed E-state index contributed by atoms with van der Waals surface area (Å²) in [5.41, 5.74) is 2.05. The average molecular weight is 468 g/mol. The van der Waals surface area contributed by atoms with E-state index < -0.39 is 0 Å². The van der Waals surface area contributed by atoms with Crippen molar-refractivity contribution in [3.8, 4) is 5.75 Å². The van der Waals surface area contributed by atoms with Crippen molar-refractivity contribution in [2.75, 3.05) is 0 Å². The SMILES string of the molecule is Oc1c(Br)cc(/C=N\n2cnnc2SCc2ccccc2)cc1Br. The number of hydrogen-bond acceptors (Lipinski definition) is 5. The molecule has 0 aliphatic carbocycles. The van der Waals surface area contributed by atoms with Crippen LogP contribution < -0.4 is 0 Å². The van der Waals surface area contributed by atoms with E-state index >= 15 is 0 Å². The second-order valence-electron chi connectivity index (χ2n) is 4.81. The predicted molar refractivity (Wildman–Crippen MR) is 103 cm³/mol. The minimum Gasteiger partial charge on any atom is -0.506 e. The molecular formula is C16H12Br2N4OS. The topological polar surface area (TPSA) is 63.3 Å². The number of nitrogens with zero attached hydrogens (tertiary/aromatic N) is 4. The van der Waals surface area contributed by atoms with Gasteiger partial charge in [-0.1, -0.05) is 42.1 Å². The van der Waals surface area contributed by atoms with E-state index in [1.807, 2.05) is 18.2 Å². The molecule has 8 heteroatoms. The molecule has 0 aliphatic heterocycles. The first-order valence-electron chi connectivity index (χ1n) is 6.92. The smallest absolute Gasteiger partial charge is 0.212 e. The van der Waals surface area contributed by atoms with E-state index in [0.29, 0.717) is 14.1 Å². The number of phenolic OH excluding ortho intramolecular Hbond substituents is 1. The summed E-state index contributed by atoms with van der Waals surface area (Å²) in [4.78, 5) is 0. The Kier molecular flexibility index (Phi) is 5.70. The molecule has 3 aromatic rings. The normalized spacial score (nSPS) is 11.2. The summed E-state index contributed by atoms with van der Waals surface area (Å²) >= 11 is 8.17. The molecule has 1 aromatic heterocycles. The van der Waals surface area contributed by atoms with Gasteiger partial charge in [-0.25, -0.2) is 0 Å². The maximum Gasteiger partial charge on any atom is 0.212 e. The molecule has 1 heterocycles. The predicted octanol–water partition coefficient (Wildman–Crippen LogP) is 4.68. The van der Waals surface area contributed by atoms with Crippen LogP contribution in [0.15, 0.2) is 68.0 Å². The van der Waals surface area contributed by atoms with Gasteiger partial charge in [0, 0.05) is 5.75 Å². The van der Waals surface area contributed by atoms with Crippen LogP contribution in [0.5, 0.6) is 5.75 Å². The molecule has 0 saturated carbocycles. The molecule has 0 radical (unpaired) electrons. The van der Waals surface area contributed by atoms with Crippen molar-refractivity contribution in [1.82, 2.24) is 14.9 Å². The monoisotopic (exact) mass is 466 g/mol. The Morgan fingerprint density at radius 2 is 1.88 bits per heavy atom. The van der Waals surface area contributed by atoms with E-state index in [9.17, 15) is 5.11 Å². The van der Waals surface area contributed by atoms with Gasteiger partial charge in [0.15, 0.2) is 0 Å². The Balaban J connectivity index is 1.73. The highest BCUT2D eigenvalue weighted by molar-refractivity contribution is 9.11. The third-order valence-electron chi connectivity index (χ3n) is 3.08. The Morgan fingerprint density at radius 1 is 1.17 bits per heavy atom. The minimum atomic E-state index is 0.163. The van der Waals surface area contributed by atoms with Crippen molar-refractivity contribution in [2.45, 2.75) is 10.9 Å². The lowest BCUT2D eigenvalue weighted by atomic mass is 10.2. The Bertz CT molecular complexity index is 845. The fraction of sp³-hybridized carbons (Fsp3) is 0.0625. The summed E-state index contributed by atoms with van der Waals surface area (Å²) in [7, 11) is 0. The molecule has 5 nitrogen and oxygen atoms in total. The number of thioether (sulfide) groups is 1. The van der Waals surface area contributed by atoms with Gasteiger partial charge in [-0.05, 0) is 55.1 Å². The van der Waals surface area contributed by atoms with Gasteiger partial charge in [0.25, 0.3) is 0 Å². The molecule has 0 fully saturated rings. The zero-order chi connectivity index (χ0) is 16.9. The summed E-state index contributed by atoms with van der Waals surface area (Å²) in [6, 6.07) is 13.7.